The monoisotopic (exact) mass is 179 g/mol. The standard InChI is InChI=1S/C11H17NO/c1-4-9-7-10(13-3)5-6-11(9)8(2)12/h5-8H,4,12H2,1-3H3/t8-/m1/s1. The van der Waals surface area contributed by atoms with Gasteiger partial charge >= 0.3 is 0 Å². The molecule has 0 fully saturated rings. The Balaban J connectivity index is 3.08. The Labute approximate surface area is 79.7 Å². The first kappa shape index (κ1) is 10.1. The first-order valence-electron chi connectivity index (χ1n) is 4.61. The first-order chi connectivity index (χ1) is 6.19. The maximum absolute atomic E-state index is 5.84. The number of hydrogen-bond donors (Lipinski definition) is 1. The largest absolute Gasteiger partial charge is 0.497 e. The van der Waals surface area contributed by atoms with Gasteiger partial charge in [0.15, 0.2) is 0 Å². The van der Waals surface area contributed by atoms with Gasteiger partial charge in [-0.1, -0.05) is 13.0 Å². The Morgan fingerprint density at radius 1 is 1.46 bits per heavy atom. The van der Waals surface area contributed by atoms with Gasteiger partial charge in [-0.2, -0.15) is 0 Å². The van der Waals surface area contributed by atoms with E-state index >= 15 is 0 Å². The zero-order valence-corrected chi connectivity index (χ0v) is 8.50. The molecule has 0 aliphatic heterocycles. The molecule has 2 heteroatoms. The van der Waals surface area contributed by atoms with E-state index in [9.17, 15) is 0 Å². The van der Waals surface area contributed by atoms with Crippen LogP contribution in [-0.2, 0) is 6.42 Å². The molecule has 2 nitrogen and oxygen atoms in total. The minimum absolute atomic E-state index is 0.0980. The van der Waals surface area contributed by atoms with E-state index in [-0.39, 0.29) is 6.04 Å². The van der Waals surface area contributed by atoms with E-state index in [2.05, 4.69) is 13.0 Å². The molecule has 1 rings (SSSR count). The van der Waals surface area contributed by atoms with Crippen molar-refractivity contribution in [3.63, 3.8) is 0 Å². The van der Waals surface area contributed by atoms with Crippen LogP contribution in [0.4, 0.5) is 0 Å². The highest BCUT2D eigenvalue weighted by atomic mass is 16.5. The van der Waals surface area contributed by atoms with Gasteiger partial charge in [0.2, 0.25) is 0 Å². The van der Waals surface area contributed by atoms with Crippen molar-refractivity contribution in [2.24, 2.45) is 5.73 Å². The molecule has 1 aromatic rings. The Morgan fingerprint density at radius 2 is 2.15 bits per heavy atom. The molecule has 0 heterocycles. The van der Waals surface area contributed by atoms with Gasteiger partial charge in [-0.25, -0.2) is 0 Å². The molecule has 1 aromatic carbocycles. The fourth-order valence-corrected chi connectivity index (χ4v) is 1.46. The van der Waals surface area contributed by atoms with Crippen LogP contribution in [0.3, 0.4) is 0 Å². The molecule has 0 unspecified atom stereocenters. The number of aryl methyl sites for hydroxylation is 1. The van der Waals surface area contributed by atoms with Crippen LogP contribution in [0.2, 0.25) is 0 Å². The molecule has 0 saturated heterocycles. The highest BCUT2D eigenvalue weighted by Gasteiger charge is 2.05. The quantitative estimate of drug-likeness (QED) is 0.772. The third-order valence-electron chi connectivity index (χ3n) is 2.22. The van der Waals surface area contributed by atoms with Crippen LogP contribution in [0, 0.1) is 0 Å². The normalized spacial score (nSPS) is 12.6. The fraction of sp³-hybridized carbons (Fsp3) is 0.455. The molecule has 0 aromatic heterocycles. The SMILES string of the molecule is CCc1cc(OC)ccc1[C@@H](C)N. The zero-order chi connectivity index (χ0) is 9.84. The summed E-state index contributed by atoms with van der Waals surface area (Å²) in [5.74, 6) is 0.904. The minimum Gasteiger partial charge on any atom is -0.497 e. The molecule has 1 atom stereocenters. The maximum atomic E-state index is 5.84. The predicted octanol–water partition coefficient (Wildman–Crippen LogP) is 2.28. The fourth-order valence-electron chi connectivity index (χ4n) is 1.46. The van der Waals surface area contributed by atoms with Crippen molar-refractivity contribution < 1.29 is 4.74 Å². The summed E-state index contributed by atoms with van der Waals surface area (Å²) in [5, 5.41) is 0. The van der Waals surface area contributed by atoms with Gasteiger partial charge in [0.1, 0.15) is 5.75 Å². The predicted molar refractivity (Wildman–Crippen MR) is 55.0 cm³/mol. The molecule has 0 bridgehead atoms. The van der Waals surface area contributed by atoms with Crippen LogP contribution in [0.15, 0.2) is 18.2 Å². The average molecular weight is 179 g/mol. The topological polar surface area (TPSA) is 35.2 Å². The summed E-state index contributed by atoms with van der Waals surface area (Å²) in [6.45, 7) is 4.13. The van der Waals surface area contributed by atoms with Crippen LogP contribution in [0.25, 0.3) is 0 Å². The second kappa shape index (κ2) is 4.28. The van der Waals surface area contributed by atoms with Gasteiger partial charge in [-0.15, -0.1) is 0 Å². The highest BCUT2D eigenvalue weighted by Crippen LogP contribution is 2.22. The van der Waals surface area contributed by atoms with E-state index < -0.39 is 0 Å². The summed E-state index contributed by atoms with van der Waals surface area (Å²) in [6.07, 6.45) is 0.994. The number of nitrogens with two attached hydrogens (primary N) is 1. The summed E-state index contributed by atoms with van der Waals surface area (Å²) in [5.41, 5.74) is 8.32. The lowest BCUT2D eigenvalue weighted by Gasteiger charge is -2.12. The van der Waals surface area contributed by atoms with Crippen molar-refractivity contribution in [3.8, 4) is 5.75 Å². The smallest absolute Gasteiger partial charge is 0.119 e. The lowest BCUT2D eigenvalue weighted by molar-refractivity contribution is 0.414. The molecule has 0 saturated carbocycles. The summed E-state index contributed by atoms with van der Waals surface area (Å²) in [4.78, 5) is 0. The molecule has 0 radical (unpaired) electrons. The zero-order valence-electron chi connectivity index (χ0n) is 8.50. The van der Waals surface area contributed by atoms with Gasteiger partial charge in [0, 0.05) is 6.04 Å². The Kier molecular flexibility index (Phi) is 3.32. The van der Waals surface area contributed by atoms with Gasteiger partial charge in [-0.3, -0.25) is 0 Å². The molecular formula is C11H17NO. The van der Waals surface area contributed by atoms with Crippen molar-refractivity contribution in [1.82, 2.24) is 0 Å². The molecule has 72 valence electrons. The lowest BCUT2D eigenvalue weighted by atomic mass is 10.00. The van der Waals surface area contributed by atoms with Gasteiger partial charge in [0.05, 0.1) is 7.11 Å². The summed E-state index contributed by atoms with van der Waals surface area (Å²) in [7, 11) is 1.68. The van der Waals surface area contributed by atoms with E-state index in [0.717, 1.165) is 12.2 Å². The third-order valence-corrected chi connectivity index (χ3v) is 2.22. The second-order valence-electron chi connectivity index (χ2n) is 3.21. The summed E-state index contributed by atoms with van der Waals surface area (Å²) in [6, 6.07) is 6.15. The summed E-state index contributed by atoms with van der Waals surface area (Å²) < 4.78 is 5.15. The van der Waals surface area contributed by atoms with Gasteiger partial charge in [0.25, 0.3) is 0 Å². The molecule has 13 heavy (non-hydrogen) atoms. The van der Waals surface area contributed by atoms with Crippen molar-refractivity contribution in [2.75, 3.05) is 7.11 Å². The summed E-state index contributed by atoms with van der Waals surface area (Å²) >= 11 is 0. The van der Waals surface area contributed by atoms with Gasteiger partial charge in [-0.05, 0) is 36.6 Å². The van der Waals surface area contributed by atoms with Crippen molar-refractivity contribution >= 4 is 0 Å². The molecule has 2 N–H and O–H groups in total. The van der Waals surface area contributed by atoms with Crippen LogP contribution < -0.4 is 10.5 Å². The van der Waals surface area contributed by atoms with E-state index in [1.165, 1.54) is 11.1 Å². The van der Waals surface area contributed by atoms with Crippen molar-refractivity contribution in [3.05, 3.63) is 29.3 Å². The second-order valence-corrected chi connectivity index (χ2v) is 3.21. The number of hydrogen-bond acceptors (Lipinski definition) is 2. The molecule has 0 aliphatic carbocycles. The molecule has 0 spiro atoms. The third kappa shape index (κ3) is 2.22. The Bertz CT molecular complexity index is 281. The Hall–Kier alpha value is -1.02. The highest BCUT2D eigenvalue weighted by molar-refractivity contribution is 5.37. The minimum atomic E-state index is 0.0980. The van der Waals surface area contributed by atoms with E-state index in [4.69, 9.17) is 10.5 Å². The lowest BCUT2D eigenvalue weighted by Crippen LogP contribution is -2.08. The van der Waals surface area contributed by atoms with Crippen molar-refractivity contribution in [1.29, 1.82) is 0 Å². The van der Waals surface area contributed by atoms with Gasteiger partial charge < -0.3 is 10.5 Å². The molecular weight excluding hydrogens is 162 g/mol. The van der Waals surface area contributed by atoms with Crippen LogP contribution in [-0.4, -0.2) is 7.11 Å². The van der Waals surface area contributed by atoms with E-state index in [1.54, 1.807) is 7.11 Å². The van der Waals surface area contributed by atoms with Crippen LogP contribution >= 0.6 is 0 Å². The average Bonchev–Trinajstić information content (AvgIpc) is 2.16. The number of benzene rings is 1. The van der Waals surface area contributed by atoms with E-state index in [0.29, 0.717) is 0 Å². The van der Waals surface area contributed by atoms with Crippen LogP contribution in [0.5, 0.6) is 5.75 Å². The van der Waals surface area contributed by atoms with E-state index in [1.807, 2.05) is 19.1 Å². The number of methoxy groups -OCH3 is 1. The Morgan fingerprint density at radius 3 is 2.62 bits per heavy atom. The molecule has 0 aliphatic rings. The molecule has 0 amide bonds. The first-order valence-corrected chi connectivity index (χ1v) is 4.61. The number of ether oxygens (including phenoxy) is 1. The van der Waals surface area contributed by atoms with Crippen molar-refractivity contribution in [2.45, 2.75) is 26.3 Å². The van der Waals surface area contributed by atoms with Crippen LogP contribution in [0.1, 0.15) is 31.0 Å². The number of rotatable bonds is 3. The maximum Gasteiger partial charge on any atom is 0.119 e.